The summed E-state index contributed by atoms with van der Waals surface area (Å²) in [5, 5.41) is 0. The smallest absolute Gasteiger partial charge is 0.146 e. The van der Waals surface area contributed by atoms with Crippen molar-refractivity contribution in [1.29, 1.82) is 0 Å². The van der Waals surface area contributed by atoms with E-state index in [1.54, 1.807) is 13.2 Å². The topological polar surface area (TPSA) is 48.1 Å². The fourth-order valence-corrected chi connectivity index (χ4v) is 2.13. The molecular weight excluding hydrogens is 243 g/mol. The lowest BCUT2D eigenvalue weighted by Crippen LogP contribution is -2.15. The monoisotopic (exact) mass is 260 g/mol. The Balaban J connectivity index is 2.53. The third kappa shape index (κ3) is 2.44. The van der Waals surface area contributed by atoms with Gasteiger partial charge in [-0.3, -0.25) is 4.98 Å². The normalized spacial score (nSPS) is 12.3. The number of ether oxygens (including phenoxy) is 1. The number of methoxy groups -OCH3 is 1. The zero-order valence-electron chi connectivity index (χ0n) is 11.3. The fourth-order valence-electron chi connectivity index (χ4n) is 2.13. The molecule has 1 unspecified atom stereocenters. The van der Waals surface area contributed by atoms with Gasteiger partial charge in [0.2, 0.25) is 0 Å². The van der Waals surface area contributed by atoms with Gasteiger partial charge in [-0.05, 0) is 31.0 Å². The lowest BCUT2D eigenvalue weighted by Gasteiger charge is -2.19. The third-order valence-electron chi connectivity index (χ3n) is 3.39. The molecule has 0 amide bonds. The maximum absolute atomic E-state index is 13.8. The van der Waals surface area contributed by atoms with Gasteiger partial charge in [0, 0.05) is 17.3 Å². The molecule has 100 valence electrons. The van der Waals surface area contributed by atoms with Crippen molar-refractivity contribution >= 4 is 0 Å². The summed E-state index contributed by atoms with van der Waals surface area (Å²) in [5.74, 6) is 0.305. The summed E-state index contributed by atoms with van der Waals surface area (Å²) in [4.78, 5) is 3.73. The third-order valence-corrected chi connectivity index (χ3v) is 3.39. The second-order valence-corrected chi connectivity index (χ2v) is 4.50. The summed E-state index contributed by atoms with van der Waals surface area (Å²) < 4.78 is 19.2. The first-order valence-electron chi connectivity index (χ1n) is 6.05. The van der Waals surface area contributed by atoms with E-state index in [0.717, 1.165) is 16.7 Å². The molecule has 0 aliphatic carbocycles. The van der Waals surface area contributed by atoms with Crippen LogP contribution in [0.15, 0.2) is 30.6 Å². The molecule has 2 rings (SSSR count). The highest BCUT2D eigenvalue weighted by atomic mass is 19.1. The summed E-state index contributed by atoms with van der Waals surface area (Å²) in [6.07, 6.45) is 2.70. The molecular formula is C15H17FN2O. The van der Waals surface area contributed by atoms with Crippen LogP contribution in [0.3, 0.4) is 0 Å². The number of aromatic nitrogens is 1. The van der Waals surface area contributed by atoms with Crippen LogP contribution < -0.4 is 10.5 Å². The highest BCUT2D eigenvalue weighted by Crippen LogP contribution is 2.33. The fraction of sp³-hybridized carbons (Fsp3) is 0.267. The number of rotatable bonds is 3. The van der Waals surface area contributed by atoms with Gasteiger partial charge in [0.15, 0.2) is 0 Å². The zero-order chi connectivity index (χ0) is 14.0. The van der Waals surface area contributed by atoms with E-state index in [1.165, 1.54) is 12.4 Å². The predicted molar refractivity (Wildman–Crippen MR) is 72.7 cm³/mol. The van der Waals surface area contributed by atoms with E-state index in [9.17, 15) is 4.39 Å². The molecule has 0 spiro atoms. The minimum atomic E-state index is -0.572. The lowest BCUT2D eigenvalue weighted by atomic mass is 9.95. The van der Waals surface area contributed by atoms with Gasteiger partial charge in [-0.25, -0.2) is 4.39 Å². The summed E-state index contributed by atoms with van der Waals surface area (Å²) in [6.45, 7) is 3.97. The maximum Gasteiger partial charge on any atom is 0.146 e. The summed E-state index contributed by atoms with van der Waals surface area (Å²) in [7, 11) is 1.60. The minimum Gasteiger partial charge on any atom is -0.496 e. The van der Waals surface area contributed by atoms with E-state index in [4.69, 9.17) is 10.5 Å². The quantitative estimate of drug-likeness (QED) is 0.923. The molecule has 2 aromatic rings. The van der Waals surface area contributed by atoms with E-state index in [2.05, 4.69) is 4.98 Å². The number of halogens is 1. The number of hydrogen-bond donors (Lipinski definition) is 1. The number of nitrogens with zero attached hydrogens (tertiary/aromatic N) is 1. The van der Waals surface area contributed by atoms with E-state index in [-0.39, 0.29) is 0 Å². The summed E-state index contributed by atoms with van der Waals surface area (Å²) in [5.41, 5.74) is 9.48. The Morgan fingerprint density at radius 2 is 1.95 bits per heavy atom. The molecule has 0 saturated carbocycles. The van der Waals surface area contributed by atoms with Gasteiger partial charge >= 0.3 is 0 Å². The molecule has 0 fully saturated rings. The highest BCUT2D eigenvalue weighted by molar-refractivity contribution is 5.49. The van der Waals surface area contributed by atoms with Crippen LogP contribution in [0.1, 0.15) is 28.3 Å². The number of pyridine rings is 1. The van der Waals surface area contributed by atoms with Gasteiger partial charge in [0.1, 0.15) is 11.6 Å². The Kier molecular flexibility index (Phi) is 3.81. The van der Waals surface area contributed by atoms with Crippen molar-refractivity contribution in [3.05, 3.63) is 58.7 Å². The van der Waals surface area contributed by atoms with Crippen molar-refractivity contribution in [3.8, 4) is 5.75 Å². The van der Waals surface area contributed by atoms with Crippen molar-refractivity contribution in [2.45, 2.75) is 19.9 Å². The SMILES string of the molecule is COc1c(C(N)c2ccncc2F)ccc(C)c1C. The van der Waals surface area contributed by atoms with E-state index >= 15 is 0 Å². The molecule has 3 nitrogen and oxygen atoms in total. The Morgan fingerprint density at radius 1 is 1.21 bits per heavy atom. The molecule has 2 N–H and O–H groups in total. The standard InChI is InChI=1S/C15H17FN2O/c1-9-4-5-12(15(19-3)10(9)2)14(17)11-6-7-18-8-13(11)16/h4-8,14H,17H2,1-3H3. The number of nitrogens with two attached hydrogens (primary N) is 1. The largest absolute Gasteiger partial charge is 0.496 e. The van der Waals surface area contributed by atoms with Gasteiger partial charge < -0.3 is 10.5 Å². The molecule has 19 heavy (non-hydrogen) atoms. The molecule has 1 heterocycles. The van der Waals surface area contributed by atoms with E-state index in [1.807, 2.05) is 26.0 Å². The van der Waals surface area contributed by atoms with Crippen molar-refractivity contribution < 1.29 is 9.13 Å². The van der Waals surface area contributed by atoms with Gasteiger partial charge in [0.05, 0.1) is 19.3 Å². The minimum absolute atomic E-state index is 0.407. The Morgan fingerprint density at radius 3 is 2.58 bits per heavy atom. The van der Waals surface area contributed by atoms with Crippen LogP contribution in [0.25, 0.3) is 0 Å². The van der Waals surface area contributed by atoms with Crippen LogP contribution in [0, 0.1) is 19.7 Å². The first-order chi connectivity index (χ1) is 9.06. The van der Waals surface area contributed by atoms with Crippen molar-refractivity contribution in [1.82, 2.24) is 4.98 Å². The molecule has 1 atom stereocenters. The first kappa shape index (κ1) is 13.5. The van der Waals surface area contributed by atoms with Crippen LogP contribution >= 0.6 is 0 Å². The van der Waals surface area contributed by atoms with Crippen LogP contribution in [0.5, 0.6) is 5.75 Å². The van der Waals surface area contributed by atoms with Crippen molar-refractivity contribution in [2.75, 3.05) is 7.11 Å². The maximum atomic E-state index is 13.8. The Labute approximate surface area is 112 Å². The lowest BCUT2D eigenvalue weighted by molar-refractivity contribution is 0.404. The Hall–Kier alpha value is -1.94. The number of benzene rings is 1. The number of aryl methyl sites for hydroxylation is 1. The highest BCUT2D eigenvalue weighted by Gasteiger charge is 2.19. The first-order valence-corrected chi connectivity index (χ1v) is 6.05. The Bertz CT molecular complexity index is 599. The van der Waals surface area contributed by atoms with Crippen LogP contribution in [-0.2, 0) is 0 Å². The van der Waals surface area contributed by atoms with Crippen LogP contribution in [-0.4, -0.2) is 12.1 Å². The second kappa shape index (κ2) is 5.36. The molecule has 0 radical (unpaired) electrons. The summed E-state index contributed by atoms with van der Waals surface area (Å²) in [6, 6.07) is 4.86. The van der Waals surface area contributed by atoms with Gasteiger partial charge in [-0.1, -0.05) is 12.1 Å². The van der Waals surface area contributed by atoms with Crippen molar-refractivity contribution in [3.63, 3.8) is 0 Å². The molecule has 0 saturated heterocycles. The molecule has 0 aliphatic heterocycles. The molecule has 0 bridgehead atoms. The van der Waals surface area contributed by atoms with Gasteiger partial charge in [-0.15, -0.1) is 0 Å². The molecule has 4 heteroatoms. The van der Waals surface area contributed by atoms with Crippen LogP contribution in [0.4, 0.5) is 4.39 Å². The number of hydrogen-bond acceptors (Lipinski definition) is 3. The van der Waals surface area contributed by atoms with Gasteiger partial charge in [-0.2, -0.15) is 0 Å². The second-order valence-electron chi connectivity index (χ2n) is 4.50. The zero-order valence-corrected chi connectivity index (χ0v) is 11.3. The van der Waals surface area contributed by atoms with Gasteiger partial charge in [0.25, 0.3) is 0 Å². The average Bonchev–Trinajstić information content (AvgIpc) is 2.41. The average molecular weight is 260 g/mol. The van der Waals surface area contributed by atoms with E-state index < -0.39 is 11.9 Å². The molecule has 1 aromatic heterocycles. The molecule has 0 aliphatic rings. The predicted octanol–water partition coefficient (Wildman–Crippen LogP) is 2.89. The van der Waals surface area contributed by atoms with Crippen LogP contribution in [0.2, 0.25) is 0 Å². The van der Waals surface area contributed by atoms with Crippen molar-refractivity contribution in [2.24, 2.45) is 5.73 Å². The molecule has 1 aromatic carbocycles. The summed E-state index contributed by atoms with van der Waals surface area (Å²) >= 11 is 0. The van der Waals surface area contributed by atoms with E-state index in [0.29, 0.717) is 11.3 Å².